The van der Waals surface area contributed by atoms with E-state index >= 15 is 0 Å². The average Bonchev–Trinajstić information content (AvgIpc) is 3.08. The highest BCUT2D eigenvalue weighted by atomic mass is 35.5. The van der Waals surface area contributed by atoms with Crippen LogP contribution < -0.4 is 5.32 Å². The Bertz CT molecular complexity index is 726. The molecule has 1 aromatic heterocycles. The first-order valence-electron chi connectivity index (χ1n) is 7.33. The molecule has 1 saturated heterocycles. The zero-order valence-electron chi connectivity index (χ0n) is 12.7. The quantitative estimate of drug-likeness (QED) is 0.932. The van der Waals surface area contributed by atoms with Crippen LogP contribution in [0.15, 0.2) is 36.7 Å². The summed E-state index contributed by atoms with van der Waals surface area (Å²) in [6.07, 6.45) is 3.54. The molecule has 2 amide bonds. The molecule has 2 heterocycles. The number of benzene rings is 1. The fraction of sp³-hybridized carbons (Fsp3) is 0.312. The van der Waals surface area contributed by atoms with E-state index in [0.717, 1.165) is 5.56 Å². The van der Waals surface area contributed by atoms with Gasteiger partial charge in [-0.25, -0.2) is 0 Å². The molecule has 120 valence electrons. The summed E-state index contributed by atoms with van der Waals surface area (Å²) in [5.74, 6) is -0.494. The third kappa shape index (κ3) is 3.71. The molecular weight excluding hydrogens is 316 g/mol. The van der Waals surface area contributed by atoms with Gasteiger partial charge >= 0.3 is 0 Å². The average molecular weight is 333 g/mol. The summed E-state index contributed by atoms with van der Waals surface area (Å²) in [5, 5.41) is 7.46. The molecule has 1 fully saturated rings. The molecule has 1 aliphatic rings. The second-order valence-corrected chi connectivity index (χ2v) is 6.13. The minimum absolute atomic E-state index is 0.00807. The van der Waals surface area contributed by atoms with Gasteiger partial charge in [0.25, 0.3) is 0 Å². The Kier molecular flexibility index (Phi) is 4.34. The fourth-order valence-electron chi connectivity index (χ4n) is 2.64. The van der Waals surface area contributed by atoms with Crippen molar-refractivity contribution >= 4 is 29.1 Å². The van der Waals surface area contributed by atoms with Crippen LogP contribution in [0.1, 0.15) is 12.0 Å². The van der Waals surface area contributed by atoms with E-state index in [2.05, 4.69) is 10.4 Å². The summed E-state index contributed by atoms with van der Waals surface area (Å²) in [7, 11) is 1.78. The van der Waals surface area contributed by atoms with Crippen molar-refractivity contribution in [2.75, 3.05) is 11.9 Å². The van der Waals surface area contributed by atoms with Gasteiger partial charge in [-0.05, 0) is 17.7 Å². The van der Waals surface area contributed by atoms with Gasteiger partial charge in [0.15, 0.2) is 0 Å². The highest BCUT2D eigenvalue weighted by molar-refractivity contribution is 6.30. The van der Waals surface area contributed by atoms with Crippen molar-refractivity contribution in [3.05, 3.63) is 47.2 Å². The zero-order chi connectivity index (χ0) is 16.4. The summed E-state index contributed by atoms with van der Waals surface area (Å²) in [6, 6.07) is 7.37. The Morgan fingerprint density at radius 2 is 2.13 bits per heavy atom. The van der Waals surface area contributed by atoms with Gasteiger partial charge < -0.3 is 10.2 Å². The second-order valence-electron chi connectivity index (χ2n) is 5.69. The van der Waals surface area contributed by atoms with Gasteiger partial charge in [-0.1, -0.05) is 23.7 Å². The molecule has 23 heavy (non-hydrogen) atoms. The molecule has 7 heteroatoms. The highest BCUT2D eigenvalue weighted by Gasteiger charge is 2.34. The van der Waals surface area contributed by atoms with Gasteiger partial charge in [-0.3, -0.25) is 14.3 Å². The maximum Gasteiger partial charge on any atom is 0.229 e. The molecular formula is C16H17ClN4O2. The number of nitrogens with one attached hydrogen (secondary N) is 1. The number of rotatable bonds is 4. The van der Waals surface area contributed by atoms with Crippen molar-refractivity contribution < 1.29 is 9.59 Å². The van der Waals surface area contributed by atoms with Crippen LogP contribution in [0.2, 0.25) is 5.02 Å². The third-order valence-corrected chi connectivity index (χ3v) is 4.10. The van der Waals surface area contributed by atoms with E-state index in [4.69, 9.17) is 11.6 Å². The van der Waals surface area contributed by atoms with Crippen molar-refractivity contribution in [3.63, 3.8) is 0 Å². The van der Waals surface area contributed by atoms with Gasteiger partial charge in [0.05, 0.1) is 17.8 Å². The Balaban J connectivity index is 1.60. The van der Waals surface area contributed by atoms with E-state index < -0.39 is 0 Å². The van der Waals surface area contributed by atoms with Crippen molar-refractivity contribution in [2.24, 2.45) is 13.0 Å². The monoisotopic (exact) mass is 332 g/mol. The number of likely N-dealkylation sites (tertiary alicyclic amines) is 1. The number of anilines is 1. The van der Waals surface area contributed by atoms with Crippen LogP contribution in [0.3, 0.4) is 0 Å². The first-order valence-corrected chi connectivity index (χ1v) is 7.71. The van der Waals surface area contributed by atoms with Gasteiger partial charge in [0.2, 0.25) is 11.8 Å². The van der Waals surface area contributed by atoms with Crippen molar-refractivity contribution in [1.29, 1.82) is 0 Å². The summed E-state index contributed by atoms with van der Waals surface area (Å²) in [5.41, 5.74) is 1.64. The molecule has 0 saturated carbocycles. The lowest BCUT2D eigenvalue weighted by Crippen LogP contribution is -2.27. The van der Waals surface area contributed by atoms with Crippen LogP contribution in [-0.4, -0.2) is 33.0 Å². The number of nitrogens with zero attached hydrogens (tertiary/aromatic N) is 3. The first-order chi connectivity index (χ1) is 11.0. The van der Waals surface area contributed by atoms with Crippen LogP contribution in [0.4, 0.5) is 5.69 Å². The zero-order valence-corrected chi connectivity index (χ0v) is 13.5. The Labute approximate surface area is 139 Å². The number of carbonyl (C=O) groups is 2. The van der Waals surface area contributed by atoms with E-state index in [1.54, 1.807) is 41.2 Å². The second kappa shape index (κ2) is 6.42. The standard InChI is InChI=1S/C16H17ClN4O2/c1-20-10-14(7-18-20)19-16(23)12-6-15(22)21(9-12)8-11-2-4-13(17)5-3-11/h2-5,7,10,12H,6,8-9H2,1H3,(H,19,23)/t12-/m0/s1. The van der Waals surface area contributed by atoms with Crippen LogP contribution in [0.5, 0.6) is 0 Å². The van der Waals surface area contributed by atoms with E-state index in [1.165, 1.54) is 0 Å². The molecule has 1 atom stereocenters. The molecule has 2 aromatic rings. The Hall–Kier alpha value is -2.34. The minimum Gasteiger partial charge on any atom is -0.338 e. The number of aryl methyl sites for hydroxylation is 1. The first kappa shape index (κ1) is 15.6. The van der Waals surface area contributed by atoms with E-state index in [-0.39, 0.29) is 24.2 Å². The maximum atomic E-state index is 12.3. The van der Waals surface area contributed by atoms with E-state index in [1.807, 2.05) is 12.1 Å². The topological polar surface area (TPSA) is 67.2 Å². The van der Waals surface area contributed by atoms with Crippen LogP contribution in [0.25, 0.3) is 0 Å². The predicted molar refractivity (Wildman–Crippen MR) is 86.8 cm³/mol. The van der Waals surface area contributed by atoms with Crippen molar-refractivity contribution in [3.8, 4) is 0 Å². The Morgan fingerprint density at radius 3 is 2.78 bits per heavy atom. The summed E-state index contributed by atoms with van der Waals surface area (Å²) in [6.45, 7) is 0.917. The van der Waals surface area contributed by atoms with Gasteiger partial charge in [0.1, 0.15) is 0 Å². The minimum atomic E-state index is -0.338. The predicted octanol–water partition coefficient (Wildman–Crippen LogP) is 2.06. The molecule has 1 aliphatic heterocycles. The van der Waals surface area contributed by atoms with Gasteiger partial charge in [-0.2, -0.15) is 5.10 Å². The maximum absolute atomic E-state index is 12.3. The number of hydrogen-bond donors (Lipinski definition) is 1. The third-order valence-electron chi connectivity index (χ3n) is 3.84. The molecule has 1 N–H and O–H groups in total. The number of carbonyl (C=O) groups excluding carboxylic acids is 2. The highest BCUT2D eigenvalue weighted by Crippen LogP contribution is 2.22. The van der Waals surface area contributed by atoms with Crippen LogP contribution in [0, 0.1) is 5.92 Å². The molecule has 3 rings (SSSR count). The smallest absolute Gasteiger partial charge is 0.229 e. The molecule has 0 aliphatic carbocycles. The molecule has 0 radical (unpaired) electrons. The number of hydrogen-bond acceptors (Lipinski definition) is 3. The molecule has 0 bridgehead atoms. The SMILES string of the molecule is Cn1cc(NC(=O)[C@H]2CC(=O)N(Cc3ccc(Cl)cc3)C2)cn1. The summed E-state index contributed by atoms with van der Waals surface area (Å²) in [4.78, 5) is 26.1. The van der Waals surface area contributed by atoms with Crippen LogP contribution >= 0.6 is 11.6 Å². The molecule has 0 unspecified atom stereocenters. The lowest BCUT2D eigenvalue weighted by Gasteiger charge is -2.16. The normalized spacial score (nSPS) is 17.6. The van der Waals surface area contributed by atoms with Gasteiger partial charge in [-0.15, -0.1) is 0 Å². The van der Waals surface area contributed by atoms with Crippen molar-refractivity contribution in [1.82, 2.24) is 14.7 Å². The summed E-state index contributed by atoms with van der Waals surface area (Å²) >= 11 is 5.86. The largest absolute Gasteiger partial charge is 0.338 e. The number of halogens is 1. The van der Waals surface area contributed by atoms with E-state index in [0.29, 0.717) is 23.8 Å². The number of aromatic nitrogens is 2. The fourth-order valence-corrected chi connectivity index (χ4v) is 2.77. The lowest BCUT2D eigenvalue weighted by atomic mass is 10.1. The molecule has 6 nitrogen and oxygen atoms in total. The molecule has 0 spiro atoms. The van der Waals surface area contributed by atoms with E-state index in [9.17, 15) is 9.59 Å². The van der Waals surface area contributed by atoms with Crippen molar-refractivity contribution in [2.45, 2.75) is 13.0 Å². The summed E-state index contributed by atoms with van der Waals surface area (Å²) < 4.78 is 1.61. The molecule has 1 aromatic carbocycles. The Morgan fingerprint density at radius 1 is 1.39 bits per heavy atom. The van der Waals surface area contributed by atoms with Crippen LogP contribution in [-0.2, 0) is 23.2 Å². The van der Waals surface area contributed by atoms with Gasteiger partial charge in [0, 0.05) is 37.8 Å². The number of amides is 2. The lowest BCUT2D eigenvalue weighted by molar-refractivity contribution is -0.128.